The Hall–Kier alpha value is -0.600. The van der Waals surface area contributed by atoms with Gasteiger partial charge in [0, 0.05) is 0 Å². The van der Waals surface area contributed by atoms with E-state index in [0.717, 1.165) is 5.56 Å². The van der Waals surface area contributed by atoms with Gasteiger partial charge < -0.3 is 12.4 Å². The fraction of sp³-hybridized carbons (Fsp3) is 0.222. The molecule has 1 aromatic carbocycles. The van der Waals surface area contributed by atoms with E-state index >= 15 is 0 Å². The van der Waals surface area contributed by atoms with Crippen LogP contribution in [-0.2, 0) is 0 Å². The van der Waals surface area contributed by atoms with Gasteiger partial charge in [-0.1, -0.05) is 11.6 Å². The number of hydrogen-bond donors (Lipinski definition) is 0. The summed E-state index contributed by atoms with van der Waals surface area (Å²) < 4.78 is 14.4. The molecule has 0 amide bonds. The lowest BCUT2D eigenvalue weighted by Gasteiger charge is -1.95. The zero-order valence-electron chi connectivity index (χ0n) is 7.39. The smallest absolute Gasteiger partial charge is 0.171 e. The van der Waals surface area contributed by atoms with Crippen molar-refractivity contribution in [3.8, 4) is 0 Å². The van der Waals surface area contributed by atoms with Crippen molar-refractivity contribution >= 4 is 17.8 Å². The van der Waals surface area contributed by atoms with E-state index in [2.05, 4.69) is 0 Å². The van der Waals surface area contributed by atoms with E-state index in [0.29, 0.717) is 5.02 Å². The lowest BCUT2D eigenvalue weighted by Crippen LogP contribution is -3.00. The maximum absolute atomic E-state index is 12.6. The summed E-state index contributed by atoms with van der Waals surface area (Å²) in [4.78, 5) is 0. The maximum atomic E-state index is 12.6. The Kier molecular flexibility index (Phi) is 4.96. The van der Waals surface area contributed by atoms with Crippen LogP contribution in [0.2, 0.25) is 5.02 Å². The molecule has 0 aliphatic heterocycles. The molecule has 0 fully saturated rings. The zero-order chi connectivity index (χ0) is 9.14. The third-order valence-corrected chi connectivity index (χ3v) is 1.69. The molecule has 1 nitrogen and oxygen atoms in total. The summed E-state index contributed by atoms with van der Waals surface area (Å²) in [6.07, 6.45) is 1.84. The van der Waals surface area contributed by atoms with Crippen molar-refractivity contribution in [2.24, 2.45) is 0 Å². The van der Waals surface area contributed by atoms with E-state index in [4.69, 9.17) is 11.6 Å². The molecule has 1 aromatic rings. The summed E-state index contributed by atoms with van der Waals surface area (Å²) in [5, 5.41) is 0.434. The van der Waals surface area contributed by atoms with E-state index in [1.807, 2.05) is 24.9 Å². The predicted octanol–water partition coefficient (Wildman–Crippen LogP) is -0.826. The Bertz CT molecular complexity index is 319. The number of benzene rings is 1. The first kappa shape index (κ1) is 12.4. The van der Waals surface area contributed by atoms with Crippen LogP contribution in [0.5, 0.6) is 0 Å². The van der Waals surface area contributed by atoms with Crippen molar-refractivity contribution in [2.75, 3.05) is 14.1 Å². The molecule has 13 heavy (non-hydrogen) atoms. The molecule has 4 heteroatoms. The van der Waals surface area contributed by atoms with Crippen LogP contribution < -0.4 is 12.4 Å². The summed E-state index contributed by atoms with van der Waals surface area (Å²) in [5.41, 5.74) is 0.822. The van der Waals surface area contributed by atoms with E-state index in [-0.39, 0.29) is 18.2 Å². The van der Waals surface area contributed by atoms with Gasteiger partial charge in [0.1, 0.15) is 19.9 Å². The molecule has 0 spiro atoms. The highest BCUT2D eigenvalue weighted by molar-refractivity contribution is 6.32. The predicted molar refractivity (Wildman–Crippen MR) is 48.7 cm³/mol. The minimum atomic E-state index is -0.309. The molecule has 0 N–H and O–H groups in total. The topological polar surface area (TPSA) is 3.01 Å². The monoisotopic (exact) mass is 221 g/mol. The quantitative estimate of drug-likeness (QED) is 0.431. The fourth-order valence-corrected chi connectivity index (χ4v) is 1.10. The molecule has 1 rings (SSSR count). The van der Waals surface area contributed by atoms with Crippen molar-refractivity contribution in [1.82, 2.24) is 0 Å². The first-order chi connectivity index (χ1) is 5.59. The molecule has 0 radical (unpaired) electrons. The third-order valence-electron chi connectivity index (χ3n) is 1.36. The molecule has 0 saturated heterocycles. The van der Waals surface area contributed by atoms with Crippen molar-refractivity contribution < 1.29 is 21.4 Å². The zero-order valence-corrected chi connectivity index (χ0v) is 8.90. The van der Waals surface area contributed by atoms with Crippen LogP contribution in [0.25, 0.3) is 0 Å². The van der Waals surface area contributed by atoms with E-state index in [1.165, 1.54) is 12.1 Å². The van der Waals surface area contributed by atoms with E-state index in [1.54, 1.807) is 6.07 Å². The fourth-order valence-electron chi connectivity index (χ4n) is 0.884. The Labute approximate surface area is 88.3 Å². The Morgan fingerprint density at radius 1 is 1.38 bits per heavy atom. The number of nitrogens with zero attached hydrogens (tertiary/aromatic N) is 1. The molecule has 0 bridgehead atoms. The number of hydrogen-bond acceptors (Lipinski definition) is 0. The Morgan fingerprint density at radius 3 is 2.46 bits per heavy atom. The van der Waals surface area contributed by atoms with E-state index < -0.39 is 0 Å². The molecule has 0 aromatic heterocycles. The highest BCUT2D eigenvalue weighted by atomic mass is 35.5. The van der Waals surface area contributed by atoms with Gasteiger partial charge in [-0.25, -0.2) is 8.97 Å². The van der Waals surface area contributed by atoms with Gasteiger partial charge in [-0.3, -0.25) is 0 Å². The van der Waals surface area contributed by atoms with E-state index in [9.17, 15) is 4.39 Å². The standard InChI is InChI=1S/C9H10ClFN.ClH/c1-12(2)6-7-3-4-8(11)5-9(7)10;/h3-6H,1-2H3;1H/q+1;/p-1. The second-order valence-electron chi connectivity index (χ2n) is 2.76. The summed E-state index contributed by atoms with van der Waals surface area (Å²) in [5.74, 6) is -0.309. The highest BCUT2D eigenvalue weighted by Gasteiger charge is 2.01. The van der Waals surface area contributed by atoms with Crippen molar-refractivity contribution in [2.45, 2.75) is 0 Å². The molecule has 0 unspecified atom stereocenters. The van der Waals surface area contributed by atoms with Gasteiger partial charge in [0.2, 0.25) is 0 Å². The van der Waals surface area contributed by atoms with Gasteiger partial charge in [0.25, 0.3) is 0 Å². The first-order valence-corrected chi connectivity index (χ1v) is 3.94. The second-order valence-corrected chi connectivity index (χ2v) is 3.17. The van der Waals surface area contributed by atoms with Crippen LogP contribution in [-0.4, -0.2) is 24.9 Å². The minimum Gasteiger partial charge on any atom is -1.00 e. The number of rotatable bonds is 1. The Balaban J connectivity index is 0.00000144. The lowest BCUT2D eigenvalue weighted by atomic mass is 10.2. The normalized spacial score (nSPS) is 8.92. The Morgan fingerprint density at radius 2 is 2.00 bits per heavy atom. The van der Waals surface area contributed by atoms with Crippen LogP contribution >= 0.6 is 11.6 Å². The van der Waals surface area contributed by atoms with Gasteiger partial charge in [-0.15, -0.1) is 0 Å². The van der Waals surface area contributed by atoms with Gasteiger partial charge >= 0.3 is 0 Å². The maximum Gasteiger partial charge on any atom is 0.171 e. The average molecular weight is 222 g/mol. The summed E-state index contributed by atoms with van der Waals surface area (Å²) in [6, 6.07) is 4.34. The van der Waals surface area contributed by atoms with Crippen molar-refractivity contribution in [3.05, 3.63) is 34.6 Å². The molecule has 72 valence electrons. The van der Waals surface area contributed by atoms with Gasteiger partial charge in [-0.05, 0) is 18.2 Å². The third kappa shape index (κ3) is 3.75. The summed E-state index contributed by atoms with van der Waals surface area (Å²) in [6.45, 7) is 0. The average Bonchev–Trinajstić information content (AvgIpc) is 1.94. The van der Waals surface area contributed by atoms with Gasteiger partial charge in [0.05, 0.1) is 10.6 Å². The summed E-state index contributed by atoms with van der Waals surface area (Å²) >= 11 is 5.78. The number of halogens is 3. The molecule has 0 aliphatic rings. The van der Waals surface area contributed by atoms with Crippen molar-refractivity contribution in [3.63, 3.8) is 0 Å². The van der Waals surface area contributed by atoms with Crippen LogP contribution in [0.3, 0.4) is 0 Å². The minimum absolute atomic E-state index is 0. The lowest BCUT2D eigenvalue weighted by molar-refractivity contribution is -0.458. The first-order valence-electron chi connectivity index (χ1n) is 3.56. The largest absolute Gasteiger partial charge is 1.00 e. The molecule has 0 aliphatic carbocycles. The van der Waals surface area contributed by atoms with Crippen LogP contribution in [0.15, 0.2) is 18.2 Å². The molecule has 0 heterocycles. The molecular weight excluding hydrogens is 212 g/mol. The summed E-state index contributed by atoms with van der Waals surface area (Å²) in [7, 11) is 3.78. The highest BCUT2D eigenvalue weighted by Crippen LogP contribution is 2.14. The van der Waals surface area contributed by atoms with Crippen molar-refractivity contribution in [1.29, 1.82) is 0 Å². The van der Waals surface area contributed by atoms with Crippen LogP contribution in [0, 0.1) is 5.82 Å². The van der Waals surface area contributed by atoms with Crippen LogP contribution in [0.4, 0.5) is 4.39 Å². The van der Waals surface area contributed by atoms with Gasteiger partial charge in [-0.2, -0.15) is 0 Å². The SMILES string of the molecule is C[N+](C)=Cc1ccc(F)cc1Cl.[Cl-]. The molecular formula is C9H10Cl2FN. The van der Waals surface area contributed by atoms with Gasteiger partial charge in [0.15, 0.2) is 6.21 Å². The van der Waals surface area contributed by atoms with Crippen LogP contribution in [0.1, 0.15) is 5.56 Å². The molecule has 0 saturated carbocycles. The molecule has 0 atom stereocenters. The second kappa shape index (κ2) is 5.20.